The van der Waals surface area contributed by atoms with E-state index in [1.807, 2.05) is 0 Å². The lowest BCUT2D eigenvalue weighted by Gasteiger charge is -2.30. The number of carbonyl (C=O) groups excluding carboxylic acids is 4. The van der Waals surface area contributed by atoms with E-state index in [0.29, 0.717) is 25.2 Å². The molecule has 0 aliphatic carbocycles. The second kappa shape index (κ2) is 14.0. The van der Waals surface area contributed by atoms with Crippen molar-refractivity contribution in [3.8, 4) is 0 Å². The first-order valence-corrected chi connectivity index (χ1v) is 13.3. The van der Waals surface area contributed by atoms with Crippen LogP contribution < -0.4 is 5.32 Å². The Morgan fingerprint density at radius 3 is 2.74 bits per heavy atom. The second-order valence-electron chi connectivity index (χ2n) is 10.2. The number of nitrogens with one attached hydrogen (secondary N) is 2. The summed E-state index contributed by atoms with van der Waals surface area (Å²) in [4.78, 5) is 59.7. The number of aromatic amines is 1. The van der Waals surface area contributed by atoms with Gasteiger partial charge in [0.15, 0.2) is 0 Å². The number of imidazole rings is 1. The Morgan fingerprint density at radius 1 is 1.23 bits per heavy atom. The summed E-state index contributed by atoms with van der Waals surface area (Å²) in [5.41, 5.74) is 0.876. The van der Waals surface area contributed by atoms with Gasteiger partial charge in [-0.1, -0.05) is 43.7 Å². The van der Waals surface area contributed by atoms with Crippen LogP contribution >= 0.6 is 0 Å². The number of Topliss-reactive ketones (excluding diaryl/α,β-unsaturated/α-hetero) is 1. The summed E-state index contributed by atoms with van der Waals surface area (Å²) in [6.07, 6.45) is 8.44. The first kappa shape index (κ1) is 30.0. The Balaban J connectivity index is 1.87. The highest BCUT2D eigenvalue weighted by Gasteiger charge is 2.38. The van der Waals surface area contributed by atoms with E-state index in [2.05, 4.69) is 15.3 Å². The number of nitrogens with zero attached hydrogens (tertiary/aromatic N) is 2. The van der Waals surface area contributed by atoms with Gasteiger partial charge >= 0.3 is 5.97 Å². The van der Waals surface area contributed by atoms with E-state index in [0.717, 1.165) is 5.57 Å². The maximum atomic E-state index is 13.2. The first-order valence-electron chi connectivity index (χ1n) is 13.3. The molecule has 11 nitrogen and oxygen atoms in total. The molecule has 11 heteroatoms. The molecule has 212 valence electrons. The zero-order valence-electron chi connectivity index (χ0n) is 22.6. The summed E-state index contributed by atoms with van der Waals surface area (Å²) in [5, 5.41) is 22.8. The highest BCUT2D eigenvalue weighted by molar-refractivity contribution is 5.95. The smallest absolute Gasteiger partial charge is 0.329 e. The van der Waals surface area contributed by atoms with Crippen molar-refractivity contribution < 1.29 is 34.1 Å². The van der Waals surface area contributed by atoms with Gasteiger partial charge in [0.25, 0.3) is 5.91 Å². The Labute approximate surface area is 228 Å². The van der Waals surface area contributed by atoms with Gasteiger partial charge in [0.05, 0.1) is 18.7 Å². The van der Waals surface area contributed by atoms with Crippen LogP contribution in [0.2, 0.25) is 0 Å². The van der Waals surface area contributed by atoms with Crippen LogP contribution in [0.15, 0.2) is 42.2 Å². The molecule has 0 aromatic carbocycles. The molecule has 0 spiro atoms. The third-order valence-corrected chi connectivity index (χ3v) is 6.85. The fourth-order valence-corrected chi connectivity index (χ4v) is 4.75. The highest BCUT2D eigenvalue weighted by Crippen LogP contribution is 2.25. The standard InChI is InChI=1S/C28H38N4O7/c1-17-6-4-10-29-25(36)9-8-18(2)26(19(3)16-33)39-28(38)23-7-5-11-32(23)27(37)22-15-30-24(31-22)14-21(35)13-20(34)12-17/h4,6,8-9,12,15,18-20,23,26,33-34H,5,7,10-11,13-14,16H2,1-3H3,(H,29,36)(H,30,31)/b6-4?,9-8+,17-12?/t18-,19-,20-,23-,26+/m1/s1. The minimum absolute atomic E-state index is 0.0871. The van der Waals surface area contributed by atoms with Gasteiger partial charge < -0.3 is 30.2 Å². The van der Waals surface area contributed by atoms with E-state index in [4.69, 9.17) is 4.74 Å². The molecule has 0 radical (unpaired) electrons. The predicted molar refractivity (Wildman–Crippen MR) is 142 cm³/mol. The third kappa shape index (κ3) is 8.46. The van der Waals surface area contributed by atoms with Crippen molar-refractivity contribution in [1.82, 2.24) is 20.2 Å². The van der Waals surface area contributed by atoms with Gasteiger partial charge in [-0.3, -0.25) is 14.4 Å². The van der Waals surface area contributed by atoms with E-state index in [9.17, 15) is 29.4 Å². The molecule has 3 heterocycles. The number of H-pyrrole nitrogens is 1. The summed E-state index contributed by atoms with van der Waals surface area (Å²) in [5.74, 6) is -2.11. The lowest BCUT2D eigenvalue weighted by Crippen LogP contribution is -2.44. The maximum absolute atomic E-state index is 13.2. The third-order valence-electron chi connectivity index (χ3n) is 6.85. The Kier molecular flexibility index (Phi) is 10.8. The minimum atomic E-state index is -0.996. The van der Waals surface area contributed by atoms with Crippen LogP contribution in [0, 0.1) is 11.8 Å². The molecule has 3 rings (SSSR count). The summed E-state index contributed by atoms with van der Waals surface area (Å²) < 4.78 is 5.82. The highest BCUT2D eigenvalue weighted by atomic mass is 16.5. The normalized spacial score (nSPS) is 27.8. The Hall–Kier alpha value is -3.57. The first-order chi connectivity index (χ1) is 18.6. The average Bonchev–Trinajstić information content (AvgIpc) is 3.57. The lowest BCUT2D eigenvalue weighted by molar-refractivity contribution is -0.159. The van der Waals surface area contributed by atoms with Gasteiger partial charge in [-0.25, -0.2) is 9.78 Å². The van der Waals surface area contributed by atoms with Crippen molar-refractivity contribution in [1.29, 1.82) is 0 Å². The van der Waals surface area contributed by atoms with Gasteiger partial charge in [0, 0.05) is 38.0 Å². The molecule has 2 aliphatic rings. The molecule has 1 saturated heterocycles. The number of ether oxygens (including phenoxy) is 1. The zero-order chi connectivity index (χ0) is 28.5. The number of allylic oxidation sites excluding steroid dienone is 2. The number of carbonyl (C=O) groups is 4. The van der Waals surface area contributed by atoms with Crippen LogP contribution in [0.4, 0.5) is 0 Å². The van der Waals surface area contributed by atoms with E-state index < -0.39 is 36.0 Å². The predicted octanol–water partition coefficient (Wildman–Crippen LogP) is 1.24. The van der Waals surface area contributed by atoms with E-state index in [-0.39, 0.29) is 49.3 Å². The second-order valence-corrected chi connectivity index (χ2v) is 10.2. The molecule has 2 aliphatic heterocycles. The van der Waals surface area contributed by atoms with Gasteiger partial charge in [0.1, 0.15) is 29.4 Å². The number of cyclic esters (lactones) is 1. The molecule has 4 N–H and O–H groups in total. The van der Waals surface area contributed by atoms with Gasteiger partial charge in [-0.2, -0.15) is 0 Å². The van der Waals surface area contributed by atoms with Gasteiger partial charge in [-0.15, -0.1) is 0 Å². The molecule has 0 saturated carbocycles. The number of hydrogen-bond acceptors (Lipinski definition) is 8. The van der Waals surface area contributed by atoms with Crippen LogP contribution in [0.3, 0.4) is 0 Å². The number of hydrogen-bond donors (Lipinski definition) is 4. The minimum Gasteiger partial charge on any atom is -0.460 e. The van der Waals surface area contributed by atoms with E-state index in [1.54, 1.807) is 45.1 Å². The quantitative estimate of drug-likeness (QED) is 0.406. The van der Waals surface area contributed by atoms with Crippen molar-refractivity contribution in [2.75, 3.05) is 19.7 Å². The number of esters is 1. The Bertz CT molecular complexity index is 1140. The van der Waals surface area contributed by atoms with Crippen molar-refractivity contribution in [2.24, 2.45) is 11.8 Å². The molecule has 2 amide bonds. The zero-order valence-corrected chi connectivity index (χ0v) is 22.6. The number of aliphatic hydroxyl groups excluding tert-OH is 2. The molecule has 5 atom stereocenters. The summed E-state index contributed by atoms with van der Waals surface area (Å²) >= 11 is 0. The SMILES string of the molecule is CC1=C[C@@H](O)CC(=O)Cc2ncc([nH]2)C(=O)N2CCC[C@@H]2C(=O)O[C@H]([C@H](C)CO)[C@H](C)/C=C/C(=O)NCC=C1. The molecule has 1 aromatic heterocycles. The van der Waals surface area contributed by atoms with Crippen molar-refractivity contribution in [2.45, 2.75) is 64.7 Å². The monoisotopic (exact) mass is 542 g/mol. The number of rotatable bonds is 2. The number of aliphatic hydroxyl groups is 2. The molecular formula is C28H38N4O7. The summed E-state index contributed by atoms with van der Waals surface area (Å²) in [6, 6.07) is -0.808. The molecule has 39 heavy (non-hydrogen) atoms. The average molecular weight is 543 g/mol. The van der Waals surface area contributed by atoms with Crippen molar-refractivity contribution in [3.05, 3.63) is 53.7 Å². The summed E-state index contributed by atoms with van der Waals surface area (Å²) in [7, 11) is 0. The fraction of sp³-hybridized carbons (Fsp3) is 0.536. The number of aromatic nitrogens is 2. The van der Waals surface area contributed by atoms with E-state index >= 15 is 0 Å². The van der Waals surface area contributed by atoms with Crippen molar-refractivity contribution in [3.63, 3.8) is 0 Å². The molecule has 0 unspecified atom stereocenters. The molecule has 2 bridgehead atoms. The number of ketones is 1. The summed E-state index contributed by atoms with van der Waals surface area (Å²) in [6.45, 7) is 5.69. The van der Waals surface area contributed by atoms with Gasteiger partial charge in [-0.05, 0) is 25.8 Å². The molecular weight excluding hydrogens is 504 g/mol. The van der Waals surface area contributed by atoms with Crippen LogP contribution in [0.25, 0.3) is 0 Å². The van der Waals surface area contributed by atoms with E-state index in [1.165, 1.54) is 17.2 Å². The fourth-order valence-electron chi connectivity index (χ4n) is 4.75. The lowest BCUT2D eigenvalue weighted by atomic mass is 9.93. The van der Waals surface area contributed by atoms with Crippen LogP contribution in [-0.4, -0.2) is 86.6 Å². The van der Waals surface area contributed by atoms with Gasteiger partial charge in [0.2, 0.25) is 5.91 Å². The Morgan fingerprint density at radius 2 is 2.00 bits per heavy atom. The van der Waals surface area contributed by atoms with Crippen molar-refractivity contribution >= 4 is 23.6 Å². The van der Waals surface area contributed by atoms with Crippen LogP contribution in [0.5, 0.6) is 0 Å². The molecule has 1 fully saturated rings. The van der Waals surface area contributed by atoms with Crippen LogP contribution in [0.1, 0.15) is 56.3 Å². The number of fused-ring (bicyclic) bond motifs is 3. The topological polar surface area (TPSA) is 162 Å². The van der Waals surface area contributed by atoms with Crippen LogP contribution in [-0.2, 0) is 25.5 Å². The largest absolute Gasteiger partial charge is 0.460 e. The number of amides is 2. The molecule has 1 aromatic rings. The maximum Gasteiger partial charge on any atom is 0.329 e.